The van der Waals surface area contributed by atoms with Crippen molar-refractivity contribution in [3.8, 4) is 11.5 Å². The maximum absolute atomic E-state index is 12.8. The minimum Gasteiger partial charge on any atom is -0.493 e. The summed E-state index contributed by atoms with van der Waals surface area (Å²) in [5.74, 6) is 0.849. The molecule has 2 aromatic carbocycles. The summed E-state index contributed by atoms with van der Waals surface area (Å²) >= 11 is 0. The molecule has 6 nitrogen and oxygen atoms in total. The summed E-state index contributed by atoms with van der Waals surface area (Å²) in [6.07, 6.45) is 0.779. The summed E-state index contributed by atoms with van der Waals surface area (Å²) in [6, 6.07) is 14.7. The Kier molecular flexibility index (Phi) is 7.67. The minimum atomic E-state index is -0.341. The van der Waals surface area contributed by atoms with Gasteiger partial charge >= 0.3 is 5.97 Å². The standard InChI is InChI=1S/C21H25NO5/c1-25-18-10-9-16(15-19(18)26-2)11-13-22(14-12-20(23)27-3)21(24)17-7-5-4-6-8-17/h4-10,15H,11-14H2,1-3H3. The third-order valence-electron chi connectivity index (χ3n) is 4.24. The number of hydrogen-bond donors (Lipinski definition) is 0. The SMILES string of the molecule is COC(=O)CCN(CCc1ccc(OC)c(OC)c1)C(=O)c1ccccc1. The van der Waals surface area contributed by atoms with Crippen LogP contribution in [0.25, 0.3) is 0 Å². The van der Waals surface area contributed by atoms with Gasteiger partial charge in [0, 0.05) is 18.7 Å². The molecule has 0 bridgehead atoms. The van der Waals surface area contributed by atoms with Crippen LogP contribution in [0.3, 0.4) is 0 Å². The molecule has 0 N–H and O–H groups in total. The van der Waals surface area contributed by atoms with Gasteiger partial charge in [-0.15, -0.1) is 0 Å². The van der Waals surface area contributed by atoms with E-state index in [1.54, 1.807) is 31.3 Å². The van der Waals surface area contributed by atoms with Crippen LogP contribution in [0.4, 0.5) is 0 Å². The van der Waals surface area contributed by atoms with E-state index in [4.69, 9.17) is 14.2 Å². The molecule has 0 spiro atoms. The number of hydrogen-bond acceptors (Lipinski definition) is 5. The fourth-order valence-corrected chi connectivity index (χ4v) is 2.71. The lowest BCUT2D eigenvalue weighted by atomic mass is 10.1. The summed E-state index contributed by atoms with van der Waals surface area (Å²) in [6.45, 7) is 0.772. The van der Waals surface area contributed by atoms with Crippen LogP contribution in [-0.2, 0) is 16.0 Å². The molecule has 0 radical (unpaired) electrons. The zero-order valence-corrected chi connectivity index (χ0v) is 15.9. The highest BCUT2D eigenvalue weighted by molar-refractivity contribution is 5.94. The van der Waals surface area contributed by atoms with Gasteiger partial charge in [0.2, 0.25) is 0 Å². The molecule has 0 aliphatic carbocycles. The van der Waals surface area contributed by atoms with Crippen LogP contribution in [0.15, 0.2) is 48.5 Å². The molecule has 1 amide bonds. The number of benzene rings is 2. The summed E-state index contributed by atoms with van der Waals surface area (Å²) in [5.41, 5.74) is 1.60. The zero-order valence-electron chi connectivity index (χ0n) is 15.9. The Balaban J connectivity index is 2.11. The fourth-order valence-electron chi connectivity index (χ4n) is 2.71. The van der Waals surface area contributed by atoms with Crippen molar-refractivity contribution in [1.29, 1.82) is 0 Å². The molecule has 0 heterocycles. The second-order valence-corrected chi connectivity index (χ2v) is 5.92. The number of ether oxygens (including phenoxy) is 3. The molecule has 144 valence electrons. The summed E-state index contributed by atoms with van der Waals surface area (Å²) in [4.78, 5) is 26.0. The van der Waals surface area contributed by atoms with Gasteiger partial charge in [-0.05, 0) is 36.2 Å². The van der Waals surface area contributed by atoms with E-state index in [9.17, 15) is 9.59 Å². The highest BCUT2D eigenvalue weighted by atomic mass is 16.5. The number of rotatable bonds is 9. The Morgan fingerprint density at radius 3 is 2.22 bits per heavy atom. The normalized spacial score (nSPS) is 10.2. The van der Waals surface area contributed by atoms with Crippen molar-refractivity contribution in [2.24, 2.45) is 0 Å². The van der Waals surface area contributed by atoms with Gasteiger partial charge in [0.05, 0.1) is 27.8 Å². The van der Waals surface area contributed by atoms with Crippen molar-refractivity contribution >= 4 is 11.9 Å². The molecule has 0 atom stereocenters. The van der Waals surface area contributed by atoms with Gasteiger partial charge < -0.3 is 19.1 Å². The van der Waals surface area contributed by atoms with Crippen LogP contribution in [0.1, 0.15) is 22.3 Å². The first-order valence-electron chi connectivity index (χ1n) is 8.71. The third-order valence-corrected chi connectivity index (χ3v) is 4.24. The van der Waals surface area contributed by atoms with Gasteiger partial charge in [-0.25, -0.2) is 0 Å². The smallest absolute Gasteiger partial charge is 0.307 e. The first-order valence-corrected chi connectivity index (χ1v) is 8.71. The monoisotopic (exact) mass is 371 g/mol. The Bertz CT molecular complexity index is 760. The van der Waals surface area contributed by atoms with E-state index >= 15 is 0 Å². The molecule has 0 aliphatic heterocycles. The molecule has 0 fully saturated rings. The average molecular weight is 371 g/mol. The molecule has 0 aromatic heterocycles. The summed E-state index contributed by atoms with van der Waals surface area (Å²) < 4.78 is 15.3. The second-order valence-electron chi connectivity index (χ2n) is 5.92. The number of amides is 1. The van der Waals surface area contributed by atoms with E-state index in [0.29, 0.717) is 36.6 Å². The Hall–Kier alpha value is -3.02. The zero-order chi connectivity index (χ0) is 19.6. The van der Waals surface area contributed by atoms with E-state index in [0.717, 1.165) is 5.56 Å². The Morgan fingerprint density at radius 2 is 1.59 bits per heavy atom. The van der Waals surface area contributed by atoms with E-state index in [1.807, 2.05) is 36.4 Å². The number of nitrogens with zero attached hydrogens (tertiary/aromatic N) is 1. The van der Waals surface area contributed by atoms with E-state index in [-0.39, 0.29) is 18.3 Å². The lowest BCUT2D eigenvalue weighted by molar-refractivity contribution is -0.140. The van der Waals surface area contributed by atoms with Crippen LogP contribution in [0, 0.1) is 0 Å². The molecule has 2 aromatic rings. The van der Waals surface area contributed by atoms with Gasteiger partial charge in [-0.3, -0.25) is 9.59 Å². The van der Waals surface area contributed by atoms with Crippen molar-refractivity contribution in [3.63, 3.8) is 0 Å². The number of carbonyl (C=O) groups is 2. The molecule has 0 saturated carbocycles. The molecule has 0 aliphatic rings. The Morgan fingerprint density at radius 1 is 0.889 bits per heavy atom. The first kappa shape index (κ1) is 20.3. The molecule has 27 heavy (non-hydrogen) atoms. The lowest BCUT2D eigenvalue weighted by Crippen LogP contribution is -2.35. The number of methoxy groups -OCH3 is 3. The van der Waals surface area contributed by atoms with Crippen LogP contribution >= 0.6 is 0 Å². The lowest BCUT2D eigenvalue weighted by Gasteiger charge is -2.22. The van der Waals surface area contributed by atoms with Gasteiger partial charge in [-0.1, -0.05) is 24.3 Å². The van der Waals surface area contributed by atoms with Gasteiger partial charge in [0.15, 0.2) is 11.5 Å². The molecule has 2 rings (SSSR count). The largest absolute Gasteiger partial charge is 0.493 e. The maximum atomic E-state index is 12.8. The van der Waals surface area contributed by atoms with E-state index < -0.39 is 0 Å². The van der Waals surface area contributed by atoms with Crippen molar-refractivity contribution in [1.82, 2.24) is 4.90 Å². The van der Waals surface area contributed by atoms with E-state index in [1.165, 1.54) is 7.11 Å². The molecule has 0 saturated heterocycles. The predicted octanol–water partition coefficient (Wildman–Crippen LogP) is 2.95. The third kappa shape index (κ3) is 5.74. The van der Waals surface area contributed by atoms with E-state index in [2.05, 4.69) is 0 Å². The topological polar surface area (TPSA) is 65.1 Å². The second kappa shape index (κ2) is 10.2. The van der Waals surface area contributed by atoms with Crippen LogP contribution in [0.2, 0.25) is 0 Å². The van der Waals surface area contributed by atoms with Crippen molar-refractivity contribution in [2.75, 3.05) is 34.4 Å². The quantitative estimate of drug-likeness (QED) is 0.634. The summed E-state index contributed by atoms with van der Waals surface area (Å²) in [7, 11) is 4.52. The number of carbonyl (C=O) groups excluding carboxylic acids is 2. The van der Waals surface area contributed by atoms with Crippen LogP contribution in [0.5, 0.6) is 11.5 Å². The van der Waals surface area contributed by atoms with Crippen LogP contribution in [-0.4, -0.2) is 51.2 Å². The van der Waals surface area contributed by atoms with Gasteiger partial charge in [0.1, 0.15) is 0 Å². The van der Waals surface area contributed by atoms with Crippen molar-refractivity contribution in [3.05, 3.63) is 59.7 Å². The first-order chi connectivity index (χ1) is 13.1. The number of esters is 1. The highest BCUT2D eigenvalue weighted by Gasteiger charge is 2.17. The van der Waals surface area contributed by atoms with Gasteiger partial charge in [0.25, 0.3) is 5.91 Å². The fraction of sp³-hybridized carbons (Fsp3) is 0.333. The Labute approximate surface area is 159 Å². The summed E-state index contributed by atoms with van der Waals surface area (Å²) in [5, 5.41) is 0. The average Bonchev–Trinajstić information content (AvgIpc) is 2.73. The highest BCUT2D eigenvalue weighted by Crippen LogP contribution is 2.27. The van der Waals surface area contributed by atoms with Crippen molar-refractivity contribution in [2.45, 2.75) is 12.8 Å². The maximum Gasteiger partial charge on any atom is 0.307 e. The predicted molar refractivity (Wildman–Crippen MR) is 102 cm³/mol. The molecule has 6 heteroatoms. The minimum absolute atomic E-state index is 0.111. The molecular weight excluding hydrogens is 346 g/mol. The van der Waals surface area contributed by atoms with Crippen molar-refractivity contribution < 1.29 is 23.8 Å². The molecule has 0 unspecified atom stereocenters. The molecular formula is C21H25NO5. The van der Waals surface area contributed by atoms with Gasteiger partial charge in [-0.2, -0.15) is 0 Å². The van der Waals surface area contributed by atoms with Crippen LogP contribution < -0.4 is 9.47 Å².